The van der Waals surface area contributed by atoms with Crippen molar-refractivity contribution < 1.29 is 4.79 Å². The van der Waals surface area contributed by atoms with Gasteiger partial charge in [-0.25, -0.2) is 4.98 Å². The summed E-state index contributed by atoms with van der Waals surface area (Å²) in [6.45, 7) is 6.40. The van der Waals surface area contributed by atoms with Crippen LogP contribution >= 0.6 is 24.0 Å². The molecule has 1 aromatic carbocycles. The molecule has 0 bridgehead atoms. The molecule has 2 aromatic heterocycles. The number of aromatic nitrogens is 2. The quantitative estimate of drug-likeness (QED) is 0.175. The predicted octanol–water partition coefficient (Wildman–Crippen LogP) is 6.24. The second kappa shape index (κ2) is 12.5. The molecule has 0 saturated carbocycles. The average Bonchev–Trinajstić information content (AvgIpc) is 3.21. The lowest BCUT2D eigenvalue weighted by atomic mass is 9.90. The molecule has 0 N–H and O–H groups in total. The third-order valence-electron chi connectivity index (χ3n) is 7.65. The van der Waals surface area contributed by atoms with E-state index in [1.165, 1.54) is 17.3 Å². The summed E-state index contributed by atoms with van der Waals surface area (Å²) in [7, 11) is 0. The number of aryl methyl sites for hydroxylation is 1. The Kier molecular flexibility index (Phi) is 8.82. The van der Waals surface area contributed by atoms with Crippen molar-refractivity contribution in [2.24, 2.45) is 5.92 Å². The van der Waals surface area contributed by atoms with Crippen molar-refractivity contribution in [3.63, 3.8) is 0 Å². The Hall–Kier alpha value is -2.97. The van der Waals surface area contributed by atoms with Crippen LogP contribution in [0.3, 0.4) is 0 Å². The second-order valence-corrected chi connectivity index (χ2v) is 12.3. The highest BCUT2D eigenvalue weighted by Crippen LogP contribution is 2.34. The summed E-state index contributed by atoms with van der Waals surface area (Å²) in [5.74, 6) is 1.15. The number of thioether (sulfide) groups is 1. The number of rotatable bonds is 9. The number of carbonyl (C=O) groups excluding carboxylic acids is 1. The van der Waals surface area contributed by atoms with E-state index >= 15 is 0 Å². The predicted molar refractivity (Wildman–Crippen MR) is 165 cm³/mol. The maximum Gasteiger partial charge on any atom is 0.267 e. The smallest absolute Gasteiger partial charge is 0.267 e. The maximum absolute atomic E-state index is 13.8. The fourth-order valence-corrected chi connectivity index (χ4v) is 6.72. The molecule has 3 aromatic rings. The van der Waals surface area contributed by atoms with Gasteiger partial charge in [-0.1, -0.05) is 86.6 Å². The number of carbonyl (C=O) groups is 1. The number of pyridine rings is 1. The van der Waals surface area contributed by atoms with E-state index in [-0.39, 0.29) is 11.5 Å². The molecular weight excluding hydrogens is 525 g/mol. The minimum absolute atomic E-state index is 0.109. The van der Waals surface area contributed by atoms with Crippen molar-refractivity contribution in [2.45, 2.75) is 58.8 Å². The van der Waals surface area contributed by atoms with E-state index in [1.54, 1.807) is 15.4 Å². The van der Waals surface area contributed by atoms with E-state index in [0.29, 0.717) is 38.7 Å². The molecule has 0 aliphatic carbocycles. The molecule has 0 atom stereocenters. The van der Waals surface area contributed by atoms with Gasteiger partial charge in [-0.2, -0.15) is 0 Å². The molecule has 2 aliphatic heterocycles. The lowest BCUT2D eigenvalue weighted by Crippen LogP contribution is -2.37. The zero-order valence-corrected chi connectivity index (χ0v) is 24.4. The van der Waals surface area contributed by atoms with Crippen molar-refractivity contribution in [1.29, 1.82) is 0 Å². The number of anilines is 1. The molecule has 0 radical (unpaired) electrons. The number of thiocarbonyl (C=S) groups is 1. The fraction of sp³-hybridized carbons (Fsp3) is 0.419. The highest BCUT2D eigenvalue weighted by molar-refractivity contribution is 8.26. The Labute approximate surface area is 240 Å². The lowest BCUT2D eigenvalue weighted by molar-refractivity contribution is -0.122. The summed E-state index contributed by atoms with van der Waals surface area (Å²) in [5, 5.41) is 0. The molecule has 5 rings (SSSR count). The van der Waals surface area contributed by atoms with E-state index in [0.717, 1.165) is 63.6 Å². The Balaban J connectivity index is 1.43. The molecule has 4 heterocycles. The minimum Gasteiger partial charge on any atom is -0.356 e. The number of hydrogen-bond acceptors (Lipinski definition) is 6. The Bertz CT molecular complexity index is 1440. The topological polar surface area (TPSA) is 57.9 Å². The van der Waals surface area contributed by atoms with Gasteiger partial charge in [0.25, 0.3) is 11.5 Å². The van der Waals surface area contributed by atoms with E-state index < -0.39 is 0 Å². The zero-order valence-electron chi connectivity index (χ0n) is 22.8. The van der Waals surface area contributed by atoms with Crippen LogP contribution < -0.4 is 10.5 Å². The molecule has 2 saturated heterocycles. The summed E-state index contributed by atoms with van der Waals surface area (Å²) in [6.07, 6.45) is 11.0. The number of fused-ring (bicyclic) bond motifs is 1. The maximum atomic E-state index is 13.8. The third kappa shape index (κ3) is 6.28. The zero-order chi connectivity index (χ0) is 27.4. The number of hydrogen-bond donors (Lipinski definition) is 0. The molecule has 0 spiro atoms. The van der Waals surface area contributed by atoms with E-state index in [9.17, 15) is 9.59 Å². The number of amides is 1. The second-order valence-electron chi connectivity index (χ2n) is 10.6. The third-order valence-corrected chi connectivity index (χ3v) is 9.03. The first-order valence-corrected chi connectivity index (χ1v) is 15.2. The van der Waals surface area contributed by atoms with Crippen molar-refractivity contribution >= 4 is 51.7 Å². The van der Waals surface area contributed by atoms with Gasteiger partial charge in [0.05, 0.1) is 10.5 Å². The van der Waals surface area contributed by atoms with Crippen molar-refractivity contribution in [1.82, 2.24) is 14.3 Å². The monoisotopic (exact) mass is 560 g/mol. The normalized spacial score (nSPS) is 17.6. The Morgan fingerprint density at radius 2 is 1.82 bits per heavy atom. The SMILES string of the molecule is CCCCCCN1C(=O)C(=Cc2c(N3CCC(Cc4ccccc4)CC3)nc3ccc(C)cn3c2=O)SC1=S. The van der Waals surface area contributed by atoms with Crippen LogP contribution in [-0.4, -0.2) is 44.1 Å². The number of nitrogens with zero attached hydrogens (tertiary/aromatic N) is 4. The van der Waals surface area contributed by atoms with Gasteiger partial charge in [0.1, 0.15) is 15.8 Å². The number of piperidine rings is 1. The molecule has 6 nitrogen and oxygen atoms in total. The van der Waals surface area contributed by atoms with Gasteiger partial charge >= 0.3 is 0 Å². The molecule has 1 amide bonds. The van der Waals surface area contributed by atoms with Crippen LogP contribution in [0.5, 0.6) is 0 Å². The molecule has 8 heteroatoms. The first kappa shape index (κ1) is 27.6. The van der Waals surface area contributed by atoms with Gasteiger partial charge in [0, 0.05) is 25.8 Å². The van der Waals surface area contributed by atoms with Crippen LogP contribution in [-0.2, 0) is 11.2 Å². The first-order chi connectivity index (χ1) is 18.9. The van der Waals surface area contributed by atoms with Gasteiger partial charge in [-0.05, 0) is 61.8 Å². The molecule has 0 unspecified atom stereocenters. The molecule has 2 fully saturated rings. The fourth-order valence-electron chi connectivity index (χ4n) is 5.43. The Morgan fingerprint density at radius 3 is 2.56 bits per heavy atom. The van der Waals surface area contributed by atoms with E-state index in [2.05, 4.69) is 42.2 Å². The van der Waals surface area contributed by atoms with Crippen LogP contribution in [0.15, 0.2) is 58.4 Å². The molecule has 204 valence electrons. The summed E-state index contributed by atoms with van der Waals surface area (Å²) >= 11 is 6.85. The van der Waals surface area contributed by atoms with E-state index in [4.69, 9.17) is 17.2 Å². The number of benzene rings is 1. The summed E-state index contributed by atoms with van der Waals surface area (Å²) in [4.78, 5) is 36.5. The standard InChI is InChI=1S/C31H36N4O2S2/c1-3-4-5-9-16-34-30(37)26(39-31(34)38)20-25-28(32-27-13-12-22(2)21-35(27)29(25)36)33-17-14-24(15-18-33)19-23-10-7-6-8-11-23/h6-8,10-13,20-21,24H,3-5,9,14-19H2,1-2H3. The van der Waals surface area contributed by atoms with Crippen molar-refractivity contribution in [2.75, 3.05) is 24.5 Å². The van der Waals surface area contributed by atoms with Gasteiger partial charge < -0.3 is 4.90 Å². The van der Waals surface area contributed by atoms with Gasteiger partial charge in [-0.15, -0.1) is 0 Å². The van der Waals surface area contributed by atoms with Crippen LogP contribution in [0.25, 0.3) is 11.7 Å². The Morgan fingerprint density at radius 1 is 1.05 bits per heavy atom. The van der Waals surface area contributed by atoms with Crippen LogP contribution in [0.2, 0.25) is 0 Å². The van der Waals surface area contributed by atoms with Crippen LogP contribution in [0.4, 0.5) is 5.82 Å². The molecule has 39 heavy (non-hydrogen) atoms. The highest BCUT2D eigenvalue weighted by Gasteiger charge is 2.33. The number of unbranched alkanes of at least 4 members (excludes halogenated alkanes) is 3. The summed E-state index contributed by atoms with van der Waals surface area (Å²) in [5.41, 5.74) is 3.27. The van der Waals surface area contributed by atoms with E-state index in [1.807, 2.05) is 25.3 Å². The molecule has 2 aliphatic rings. The van der Waals surface area contributed by atoms with Crippen LogP contribution in [0, 0.1) is 12.8 Å². The summed E-state index contributed by atoms with van der Waals surface area (Å²) in [6, 6.07) is 14.5. The minimum atomic E-state index is -0.154. The summed E-state index contributed by atoms with van der Waals surface area (Å²) < 4.78 is 2.16. The first-order valence-electron chi connectivity index (χ1n) is 14.0. The lowest BCUT2D eigenvalue weighted by Gasteiger charge is -2.33. The molecular formula is C31H36N4O2S2. The largest absolute Gasteiger partial charge is 0.356 e. The van der Waals surface area contributed by atoms with Gasteiger partial charge in [-0.3, -0.25) is 18.9 Å². The highest BCUT2D eigenvalue weighted by atomic mass is 32.2. The van der Waals surface area contributed by atoms with Crippen LogP contribution in [0.1, 0.15) is 62.1 Å². The van der Waals surface area contributed by atoms with Gasteiger partial charge in [0.2, 0.25) is 0 Å². The van der Waals surface area contributed by atoms with Crippen molar-refractivity contribution in [3.8, 4) is 0 Å². The van der Waals surface area contributed by atoms with Gasteiger partial charge in [0.15, 0.2) is 0 Å². The van der Waals surface area contributed by atoms with Crippen molar-refractivity contribution in [3.05, 3.63) is 80.6 Å². The average molecular weight is 561 g/mol.